The molecule has 0 radical (unpaired) electrons. The van der Waals surface area contributed by atoms with Crippen LogP contribution in [0.3, 0.4) is 0 Å². The van der Waals surface area contributed by atoms with Gasteiger partial charge in [-0.1, -0.05) is 23.7 Å². The molecule has 160 valence electrons. The molecule has 1 saturated heterocycles. The molecule has 0 aromatic heterocycles. The summed E-state index contributed by atoms with van der Waals surface area (Å²) in [6, 6.07) is 11.5. The van der Waals surface area contributed by atoms with Crippen molar-refractivity contribution < 1.29 is 14.0 Å². The summed E-state index contributed by atoms with van der Waals surface area (Å²) in [7, 11) is 2.08. The molecule has 2 aromatic rings. The number of hydrogen-bond donors (Lipinski definition) is 2. The van der Waals surface area contributed by atoms with Gasteiger partial charge in [0.15, 0.2) is 0 Å². The summed E-state index contributed by atoms with van der Waals surface area (Å²) in [4.78, 5) is 29.1. The van der Waals surface area contributed by atoms with E-state index in [0.29, 0.717) is 5.02 Å². The number of carbonyl (C=O) groups excluding carboxylic acids is 2. The van der Waals surface area contributed by atoms with E-state index in [1.165, 1.54) is 12.1 Å². The molecule has 6 nitrogen and oxygen atoms in total. The minimum absolute atomic E-state index is 0.0853. The number of nitrogens with one attached hydrogen (secondary N) is 2. The van der Waals surface area contributed by atoms with E-state index in [0.717, 1.165) is 37.8 Å². The third-order valence-corrected chi connectivity index (χ3v) is 5.97. The lowest BCUT2D eigenvalue weighted by atomic mass is 10.0. The van der Waals surface area contributed by atoms with E-state index in [1.807, 2.05) is 24.3 Å². The lowest BCUT2D eigenvalue weighted by molar-refractivity contribution is -0.136. The number of piperazine rings is 1. The van der Waals surface area contributed by atoms with Crippen LogP contribution in [0.25, 0.3) is 0 Å². The highest BCUT2D eigenvalue weighted by Gasteiger charge is 2.25. The van der Waals surface area contributed by atoms with Crippen molar-refractivity contribution in [2.75, 3.05) is 45.1 Å². The molecule has 1 aliphatic rings. The fourth-order valence-electron chi connectivity index (χ4n) is 3.31. The van der Waals surface area contributed by atoms with Crippen molar-refractivity contribution in [1.82, 2.24) is 15.1 Å². The minimum atomic E-state index is -0.843. The van der Waals surface area contributed by atoms with E-state index in [1.54, 1.807) is 0 Å². The summed E-state index contributed by atoms with van der Waals surface area (Å²) in [5, 5.41) is 5.76. The Labute approximate surface area is 188 Å². The smallest absolute Gasteiger partial charge is 0.313 e. The third-order valence-electron chi connectivity index (χ3n) is 5.07. The molecule has 1 fully saturated rings. The highest BCUT2D eigenvalue weighted by atomic mass is 79.9. The maximum Gasteiger partial charge on any atom is 0.313 e. The SMILES string of the molecule is CN1CCN(C(CNC(=O)C(=O)Nc2ccc(Br)c(F)c2)c2ccc(Cl)cc2)CC1. The van der Waals surface area contributed by atoms with Gasteiger partial charge in [0.2, 0.25) is 0 Å². The first-order chi connectivity index (χ1) is 14.3. The van der Waals surface area contributed by atoms with Crippen LogP contribution in [0, 0.1) is 5.82 Å². The van der Waals surface area contributed by atoms with Crippen molar-refractivity contribution >= 4 is 45.0 Å². The van der Waals surface area contributed by atoms with Crippen LogP contribution in [0.2, 0.25) is 5.02 Å². The fourth-order valence-corrected chi connectivity index (χ4v) is 3.68. The van der Waals surface area contributed by atoms with Gasteiger partial charge in [0, 0.05) is 43.4 Å². The van der Waals surface area contributed by atoms with Crippen LogP contribution >= 0.6 is 27.5 Å². The Hall–Kier alpha value is -2.00. The van der Waals surface area contributed by atoms with Crippen molar-refractivity contribution in [2.45, 2.75) is 6.04 Å². The van der Waals surface area contributed by atoms with E-state index in [-0.39, 0.29) is 22.7 Å². The molecule has 0 saturated carbocycles. The summed E-state index contributed by atoms with van der Waals surface area (Å²) in [6.07, 6.45) is 0. The van der Waals surface area contributed by atoms with Crippen molar-refractivity contribution in [2.24, 2.45) is 0 Å². The number of benzene rings is 2. The lowest BCUT2D eigenvalue weighted by Gasteiger charge is -2.38. The topological polar surface area (TPSA) is 64.7 Å². The molecule has 0 spiro atoms. The van der Waals surface area contributed by atoms with Gasteiger partial charge in [0.25, 0.3) is 0 Å². The van der Waals surface area contributed by atoms with Gasteiger partial charge in [0.05, 0.1) is 10.5 Å². The van der Waals surface area contributed by atoms with Gasteiger partial charge < -0.3 is 15.5 Å². The normalized spacial score (nSPS) is 16.1. The average molecular weight is 498 g/mol. The zero-order valence-corrected chi connectivity index (χ0v) is 18.8. The molecule has 2 amide bonds. The molecule has 2 N–H and O–H groups in total. The van der Waals surface area contributed by atoms with Gasteiger partial charge in [-0.2, -0.15) is 0 Å². The van der Waals surface area contributed by atoms with E-state index in [4.69, 9.17) is 11.6 Å². The molecule has 30 heavy (non-hydrogen) atoms. The molecular formula is C21H23BrClFN4O2. The number of nitrogens with zero attached hydrogens (tertiary/aromatic N) is 2. The Balaban J connectivity index is 1.65. The van der Waals surface area contributed by atoms with E-state index in [2.05, 4.69) is 43.4 Å². The highest BCUT2D eigenvalue weighted by Crippen LogP contribution is 2.23. The van der Waals surface area contributed by atoms with E-state index < -0.39 is 17.6 Å². The van der Waals surface area contributed by atoms with Crippen molar-refractivity contribution in [1.29, 1.82) is 0 Å². The number of hydrogen-bond acceptors (Lipinski definition) is 4. The number of likely N-dealkylation sites (N-methyl/N-ethyl adjacent to an activating group) is 1. The summed E-state index contributed by atoms with van der Waals surface area (Å²) >= 11 is 9.07. The second-order valence-corrected chi connectivity index (χ2v) is 8.49. The molecule has 0 aliphatic carbocycles. The molecular weight excluding hydrogens is 475 g/mol. The van der Waals surface area contributed by atoms with E-state index in [9.17, 15) is 14.0 Å². The summed E-state index contributed by atoms with van der Waals surface area (Å²) in [5.41, 5.74) is 1.23. The summed E-state index contributed by atoms with van der Waals surface area (Å²) < 4.78 is 13.9. The van der Waals surface area contributed by atoms with Gasteiger partial charge in [-0.3, -0.25) is 14.5 Å². The Morgan fingerprint density at radius 3 is 2.40 bits per heavy atom. The zero-order valence-electron chi connectivity index (χ0n) is 16.5. The van der Waals surface area contributed by atoms with Gasteiger partial charge in [-0.25, -0.2) is 4.39 Å². The first kappa shape index (κ1) is 22.7. The monoisotopic (exact) mass is 496 g/mol. The molecule has 3 rings (SSSR count). The molecule has 1 unspecified atom stereocenters. The predicted molar refractivity (Wildman–Crippen MR) is 119 cm³/mol. The summed E-state index contributed by atoms with van der Waals surface area (Å²) in [5.74, 6) is -2.14. The van der Waals surface area contributed by atoms with Crippen LogP contribution in [-0.2, 0) is 9.59 Å². The van der Waals surface area contributed by atoms with Crippen LogP contribution in [-0.4, -0.2) is 61.4 Å². The van der Waals surface area contributed by atoms with Crippen molar-refractivity contribution in [3.8, 4) is 0 Å². The fraction of sp³-hybridized carbons (Fsp3) is 0.333. The standard InChI is InChI=1S/C21H23BrClFN4O2/c1-27-8-10-28(11-9-27)19(14-2-4-15(23)5-3-14)13-25-20(29)21(30)26-16-6-7-17(22)18(24)12-16/h2-7,12,19H,8-11,13H2,1H3,(H,25,29)(H,26,30). The van der Waals surface area contributed by atoms with Gasteiger partial charge in [-0.15, -0.1) is 0 Å². The van der Waals surface area contributed by atoms with Gasteiger partial charge >= 0.3 is 11.8 Å². The lowest BCUT2D eigenvalue weighted by Crippen LogP contribution is -2.49. The van der Waals surface area contributed by atoms with Crippen LogP contribution < -0.4 is 10.6 Å². The Morgan fingerprint density at radius 2 is 1.77 bits per heavy atom. The maximum absolute atomic E-state index is 13.6. The average Bonchev–Trinajstić information content (AvgIpc) is 2.73. The second kappa shape index (κ2) is 10.3. The number of carbonyl (C=O) groups is 2. The van der Waals surface area contributed by atoms with Crippen LogP contribution in [0.1, 0.15) is 11.6 Å². The minimum Gasteiger partial charge on any atom is -0.346 e. The Bertz CT molecular complexity index is 904. The molecule has 1 heterocycles. The predicted octanol–water partition coefficient (Wildman–Crippen LogP) is 3.29. The Kier molecular flexibility index (Phi) is 7.82. The third kappa shape index (κ3) is 6.01. The molecule has 1 aliphatic heterocycles. The number of anilines is 1. The largest absolute Gasteiger partial charge is 0.346 e. The van der Waals surface area contributed by atoms with Crippen molar-refractivity contribution in [3.05, 3.63) is 63.3 Å². The van der Waals surface area contributed by atoms with Crippen molar-refractivity contribution in [3.63, 3.8) is 0 Å². The molecule has 0 bridgehead atoms. The van der Waals surface area contributed by atoms with Crippen LogP contribution in [0.15, 0.2) is 46.9 Å². The first-order valence-corrected chi connectivity index (χ1v) is 10.7. The molecule has 1 atom stereocenters. The quantitative estimate of drug-likeness (QED) is 0.623. The first-order valence-electron chi connectivity index (χ1n) is 9.56. The molecule has 2 aromatic carbocycles. The summed E-state index contributed by atoms with van der Waals surface area (Å²) in [6.45, 7) is 3.82. The van der Waals surface area contributed by atoms with Crippen LogP contribution in [0.5, 0.6) is 0 Å². The number of rotatable bonds is 5. The number of halogens is 3. The number of amides is 2. The Morgan fingerprint density at radius 1 is 1.10 bits per heavy atom. The van der Waals surface area contributed by atoms with Crippen LogP contribution in [0.4, 0.5) is 10.1 Å². The maximum atomic E-state index is 13.6. The van der Waals surface area contributed by atoms with Gasteiger partial charge in [0.1, 0.15) is 5.82 Å². The second-order valence-electron chi connectivity index (χ2n) is 7.20. The van der Waals surface area contributed by atoms with E-state index >= 15 is 0 Å². The van der Waals surface area contributed by atoms with Gasteiger partial charge in [-0.05, 0) is 58.9 Å². The molecule has 9 heteroatoms. The highest BCUT2D eigenvalue weighted by molar-refractivity contribution is 9.10. The zero-order chi connectivity index (χ0) is 21.7.